The van der Waals surface area contributed by atoms with Crippen LogP contribution in [0.15, 0.2) is 54.7 Å². The predicted molar refractivity (Wildman–Crippen MR) is 84.5 cm³/mol. The van der Waals surface area contributed by atoms with Crippen molar-refractivity contribution in [2.45, 2.75) is 6.92 Å². The summed E-state index contributed by atoms with van der Waals surface area (Å²) in [7, 11) is 0. The zero-order valence-corrected chi connectivity index (χ0v) is 12.2. The van der Waals surface area contributed by atoms with E-state index in [9.17, 15) is 4.79 Å². The molecular weight excluding hydrogens is 282 g/mol. The minimum absolute atomic E-state index is 0.140. The van der Waals surface area contributed by atoms with Crippen LogP contribution in [0.4, 0.5) is 5.69 Å². The number of carbonyl (C=O) groups is 1. The number of nitrogens with zero attached hydrogens (tertiary/aromatic N) is 2. The lowest BCUT2D eigenvalue weighted by Gasteiger charge is -2.02. The number of aryl methyl sites for hydroxylation is 1. The molecule has 1 N–H and O–H groups in total. The van der Waals surface area contributed by atoms with Gasteiger partial charge in [-0.15, -0.1) is 11.3 Å². The second-order valence-electron chi connectivity index (χ2n) is 4.47. The number of carbonyl (C=O) groups excluding carboxylic acids is 1. The van der Waals surface area contributed by atoms with Crippen LogP contribution >= 0.6 is 11.3 Å². The first-order valence-corrected chi connectivity index (χ1v) is 7.31. The number of benzene rings is 1. The molecule has 0 spiro atoms. The number of nitrogens with one attached hydrogen (secondary N) is 1. The van der Waals surface area contributed by atoms with Gasteiger partial charge < -0.3 is 5.32 Å². The standard InChI is InChI=1S/C16H13N3OS/c1-11-14(15(20)19-12-7-3-2-4-8-12)21-16(18-11)13-9-5-6-10-17-13/h2-10H,1H3,(H,19,20). The molecule has 2 aromatic heterocycles. The molecule has 0 saturated carbocycles. The van der Waals surface area contributed by atoms with Crippen molar-refractivity contribution in [1.29, 1.82) is 0 Å². The number of amides is 1. The Balaban J connectivity index is 1.86. The van der Waals surface area contributed by atoms with E-state index in [4.69, 9.17) is 0 Å². The van der Waals surface area contributed by atoms with Crippen molar-refractivity contribution in [3.05, 3.63) is 65.3 Å². The highest BCUT2D eigenvalue weighted by Gasteiger charge is 2.16. The Kier molecular flexibility index (Phi) is 3.75. The molecule has 1 aromatic carbocycles. The second kappa shape index (κ2) is 5.85. The molecule has 4 nitrogen and oxygen atoms in total. The van der Waals surface area contributed by atoms with Gasteiger partial charge in [0.05, 0.1) is 11.4 Å². The highest BCUT2D eigenvalue weighted by atomic mass is 32.1. The molecule has 5 heteroatoms. The van der Waals surface area contributed by atoms with Crippen molar-refractivity contribution in [3.8, 4) is 10.7 Å². The molecule has 1 amide bonds. The Morgan fingerprint density at radius 3 is 2.57 bits per heavy atom. The Hall–Kier alpha value is -2.53. The van der Waals surface area contributed by atoms with Gasteiger partial charge in [0.15, 0.2) is 0 Å². The average Bonchev–Trinajstić information content (AvgIpc) is 2.91. The number of rotatable bonds is 3. The summed E-state index contributed by atoms with van der Waals surface area (Å²) < 4.78 is 0. The van der Waals surface area contributed by atoms with E-state index >= 15 is 0 Å². The van der Waals surface area contributed by atoms with Gasteiger partial charge in [0.2, 0.25) is 0 Å². The smallest absolute Gasteiger partial charge is 0.267 e. The van der Waals surface area contributed by atoms with Crippen LogP contribution in [-0.4, -0.2) is 15.9 Å². The SMILES string of the molecule is Cc1nc(-c2ccccn2)sc1C(=O)Nc1ccccc1. The highest BCUT2D eigenvalue weighted by molar-refractivity contribution is 7.17. The van der Waals surface area contributed by atoms with E-state index in [1.54, 1.807) is 6.20 Å². The van der Waals surface area contributed by atoms with Crippen molar-refractivity contribution in [3.63, 3.8) is 0 Å². The first kappa shape index (κ1) is 13.5. The third-order valence-electron chi connectivity index (χ3n) is 2.92. The summed E-state index contributed by atoms with van der Waals surface area (Å²) in [5, 5.41) is 3.63. The molecule has 0 unspecified atom stereocenters. The van der Waals surface area contributed by atoms with Crippen LogP contribution in [0.2, 0.25) is 0 Å². The van der Waals surface area contributed by atoms with Gasteiger partial charge in [-0.3, -0.25) is 9.78 Å². The number of aromatic nitrogens is 2. The molecule has 2 heterocycles. The van der Waals surface area contributed by atoms with Crippen molar-refractivity contribution in [2.75, 3.05) is 5.32 Å². The molecule has 0 atom stereocenters. The summed E-state index contributed by atoms with van der Waals surface area (Å²) in [6, 6.07) is 15.0. The topological polar surface area (TPSA) is 54.9 Å². The first-order chi connectivity index (χ1) is 10.2. The Morgan fingerprint density at radius 1 is 1.10 bits per heavy atom. The van der Waals surface area contributed by atoms with E-state index in [1.165, 1.54) is 11.3 Å². The molecule has 0 radical (unpaired) electrons. The molecule has 104 valence electrons. The second-order valence-corrected chi connectivity index (χ2v) is 5.47. The quantitative estimate of drug-likeness (QED) is 0.800. The lowest BCUT2D eigenvalue weighted by molar-refractivity contribution is 0.103. The van der Waals surface area contributed by atoms with Gasteiger partial charge in [0.1, 0.15) is 9.88 Å². The summed E-state index contributed by atoms with van der Waals surface area (Å²) in [6.07, 6.45) is 1.72. The fourth-order valence-electron chi connectivity index (χ4n) is 1.92. The van der Waals surface area contributed by atoms with Gasteiger partial charge in [0.25, 0.3) is 5.91 Å². The maximum atomic E-state index is 12.3. The maximum Gasteiger partial charge on any atom is 0.267 e. The lowest BCUT2D eigenvalue weighted by Crippen LogP contribution is -2.11. The van der Waals surface area contributed by atoms with E-state index in [2.05, 4.69) is 15.3 Å². The average molecular weight is 295 g/mol. The van der Waals surface area contributed by atoms with Crippen LogP contribution in [0.1, 0.15) is 15.4 Å². The van der Waals surface area contributed by atoms with Gasteiger partial charge in [-0.25, -0.2) is 4.98 Å². The van der Waals surface area contributed by atoms with Gasteiger partial charge in [-0.2, -0.15) is 0 Å². The minimum atomic E-state index is -0.140. The van der Waals surface area contributed by atoms with Gasteiger partial charge in [-0.1, -0.05) is 24.3 Å². The van der Waals surface area contributed by atoms with Crippen LogP contribution in [-0.2, 0) is 0 Å². The summed E-state index contributed by atoms with van der Waals surface area (Å²) in [6.45, 7) is 1.84. The summed E-state index contributed by atoms with van der Waals surface area (Å²) in [4.78, 5) is 21.6. The number of anilines is 1. The normalized spacial score (nSPS) is 10.3. The summed E-state index contributed by atoms with van der Waals surface area (Å²) >= 11 is 1.35. The Bertz CT molecular complexity index is 754. The number of hydrogen-bond acceptors (Lipinski definition) is 4. The predicted octanol–water partition coefficient (Wildman–Crippen LogP) is 3.77. The van der Waals surface area contributed by atoms with Crippen LogP contribution < -0.4 is 5.32 Å². The van der Waals surface area contributed by atoms with E-state index in [0.29, 0.717) is 10.6 Å². The van der Waals surface area contributed by atoms with Gasteiger partial charge in [0, 0.05) is 11.9 Å². The maximum absolute atomic E-state index is 12.3. The molecule has 3 aromatic rings. The minimum Gasteiger partial charge on any atom is -0.321 e. The van der Waals surface area contributed by atoms with Crippen molar-refractivity contribution >= 4 is 22.9 Å². The lowest BCUT2D eigenvalue weighted by atomic mass is 10.3. The van der Waals surface area contributed by atoms with Crippen LogP contribution in [0, 0.1) is 6.92 Å². The molecule has 0 bridgehead atoms. The molecule has 0 aliphatic carbocycles. The summed E-state index contributed by atoms with van der Waals surface area (Å²) in [5.74, 6) is -0.140. The summed E-state index contributed by atoms with van der Waals surface area (Å²) in [5.41, 5.74) is 2.27. The zero-order chi connectivity index (χ0) is 14.7. The van der Waals surface area contributed by atoms with Gasteiger partial charge in [-0.05, 0) is 31.2 Å². The fraction of sp³-hybridized carbons (Fsp3) is 0.0625. The van der Waals surface area contributed by atoms with E-state index in [0.717, 1.165) is 16.4 Å². The molecule has 21 heavy (non-hydrogen) atoms. The van der Waals surface area contributed by atoms with Crippen molar-refractivity contribution in [1.82, 2.24) is 9.97 Å². The molecule has 0 aliphatic heterocycles. The monoisotopic (exact) mass is 295 g/mol. The third kappa shape index (κ3) is 2.98. The zero-order valence-electron chi connectivity index (χ0n) is 11.4. The molecule has 0 saturated heterocycles. The Morgan fingerprint density at radius 2 is 1.86 bits per heavy atom. The number of hydrogen-bond donors (Lipinski definition) is 1. The van der Waals surface area contributed by atoms with Crippen LogP contribution in [0.5, 0.6) is 0 Å². The van der Waals surface area contributed by atoms with Gasteiger partial charge >= 0.3 is 0 Å². The van der Waals surface area contributed by atoms with Crippen LogP contribution in [0.3, 0.4) is 0 Å². The number of thiazole rings is 1. The van der Waals surface area contributed by atoms with E-state index < -0.39 is 0 Å². The first-order valence-electron chi connectivity index (χ1n) is 6.49. The number of para-hydroxylation sites is 1. The van der Waals surface area contributed by atoms with Crippen molar-refractivity contribution < 1.29 is 4.79 Å². The number of pyridine rings is 1. The molecular formula is C16H13N3OS. The largest absolute Gasteiger partial charge is 0.321 e. The molecule has 0 fully saturated rings. The van der Waals surface area contributed by atoms with E-state index in [1.807, 2.05) is 55.5 Å². The van der Waals surface area contributed by atoms with Crippen molar-refractivity contribution in [2.24, 2.45) is 0 Å². The fourth-order valence-corrected chi connectivity index (χ4v) is 2.85. The van der Waals surface area contributed by atoms with E-state index in [-0.39, 0.29) is 5.91 Å². The molecule has 3 rings (SSSR count). The molecule has 0 aliphatic rings. The third-order valence-corrected chi connectivity index (χ3v) is 4.10. The highest BCUT2D eigenvalue weighted by Crippen LogP contribution is 2.27. The van der Waals surface area contributed by atoms with Crippen LogP contribution in [0.25, 0.3) is 10.7 Å². The Labute approximate surface area is 126 Å².